The van der Waals surface area contributed by atoms with Gasteiger partial charge < -0.3 is 9.47 Å². The van der Waals surface area contributed by atoms with E-state index < -0.39 is 0 Å². The van der Waals surface area contributed by atoms with Crippen LogP contribution in [0.1, 0.15) is 12.5 Å². The molecule has 0 fully saturated rings. The maximum Gasteiger partial charge on any atom is 0.0967 e. The maximum absolute atomic E-state index is 6.13. The molecule has 0 amide bonds. The Balaban J connectivity index is 1.22. The average Bonchev–Trinajstić information content (AvgIpc) is 3.45. The second-order valence-electron chi connectivity index (χ2n) is 11.0. The molecule has 0 aliphatic carbocycles. The van der Waals surface area contributed by atoms with Crippen LogP contribution in [0.3, 0.4) is 0 Å². The Hall–Kier alpha value is -6.04. The Morgan fingerprint density at radius 1 is 0.556 bits per heavy atom. The largest absolute Gasteiger partial charge is 0.309 e. The lowest BCUT2D eigenvalue weighted by molar-refractivity contribution is 1.18. The van der Waals surface area contributed by atoms with Crippen molar-refractivity contribution in [3.8, 4) is 29.2 Å². The number of anilines is 2. The number of allylic oxidation sites excluding steroid dienone is 4. The Labute approximate surface area is 264 Å². The zero-order valence-electron chi connectivity index (χ0n) is 25.1. The lowest BCUT2D eigenvalue weighted by atomic mass is 10.0. The second kappa shape index (κ2) is 12.3. The average molecular weight is 577 g/mol. The van der Waals surface area contributed by atoms with Crippen LogP contribution < -0.4 is 4.90 Å². The first-order chi connectivity index (χ1) is 22.2. The molecule has 2 heteroatoms. The fourth-order valence-corrected chi connectivity index (χ4v) is 6.00. The van der Waals surface area contributed by atoms with Crippen molar-refractivity contribution in [3.63, 3.8) is 0 Å². The third kappa shape index (κ3) is 5.44. The monoisotopic (exact) mass is 576 g/mol. The van der Waals surface area contributed by atoms with Crippen molar-refractivity contribution < 1.29 is 0 Å². The van der Waals surface area contributed by atoms with Crippen molar-refractivity contribution in [2.75, 3.05) is 4.90 Å². The third-order valence-corrected chi connectivity index (χ3v) is 8.29. The molecule has 0 aliphatic rings. The van der Waals surface area contributed by atoms with Crippen molar-refractivity contribution in [1.29, 1.82) is 0 Å². The van der Waals surface area contributed by atoms with E-state index in [-0.39, 0.29) is 0 Å². The maximum atomic E-state index is 6.13. The summed E-state index contributed by atoms with van der Waals surface area (Å²) in [6.45, 7) is 2.11. The molecule has 45 heavy (non-hydrogen) atoms. The van der Waals surface area contributed by atoms with Gasteiger partial charge in [0.05, 0.1) is 16.7 Å². The van der Waals surface area contributed by atoms with Crippen LogP contribution in [-0.2, 0) is 0 Å². The smallest absolute Gasteiger partial charge is 0.0967 e. The molecule has 0 N–H and O–H groups in total. The highest BCUT2D eigenvalue weighted by molar-refractivity contribution is 6.09. The number of aromatic nitrogens is 1. The summed E-state index contributed by atoms with van der Waals surface area (Å²) in [4.78, 5) is 2.13. The Bertz CT molecular complexity index is 2140. The number of fused-ring (bicyclic) bond motifs is 3. The normalized spacial score (nSPS) is 11.9. The van der Waals surface area contributed by atoms with Crippen LogP contribution in [0.5, 0.6) is 0 Å². The van der Waals surface area contributed by atoms with Crippen LogP contribution in [0.2, 0.25) is 0 Å². The van der Waals surface area contributed by atoms with E-state index in [4.69, 9.17) is 6.42 Å². The van der Waals surface area contributed by atoms with Gasteiger partial charge in [0, 0.05) is 27.8 Å². The zero-order chi connectivity index (χ0) is 30.6. The van der Waals surface area contributed by atoms with E-state index in [2.05, 4.69) is 150 Å². The molecule has 0 radical (unpaired) electrons. The summed E-state index contributed by atoms with van der Waals surface area (Å²) in [7, 11) is 0. The van der Waals surface area contributed by atoms with E-state index in [1.807, 2.05) is 42.5 Å². The van der Waals surface area contributed by atoms with Crippen molar-refractivity contribution in [2.24, 2.45) is 0 Å². The summed E-state index contributed by atoms with van der Waals surface area (Å²) in [6.07, 6.45) is 10.2. The quantitative estimate of drug-likeness (QED) is 0.135. The summed E-state index contributed by atoms with van der Waals surface area (Å²) < 4.78 is 2.34. The highest BCUT2D eigenvalue weighted by Gasteiger charge is 2.14. The highest BCUT2D eigenvalue weighted by atomic mass is 15.1. The molecule has 0 saturated carbocycles. The molecule has 0 aliphatic heterocycles. The fourth-order valence-electron chi connectivity index (χ4n) is 6.00. The van der Waals surface area contributed by atoms with E-state index in [1.165, 1.54) is 27.4 Å². The van der Waals surface area contributed by atoms with Crippen LogP contribution in [0.4, 0.5) is 11.4 Å². The molecule has 6 aromatic carbocycles. The molecule has 0 bridgehead atoms. The van der Waals surface area contributed by atoms with E-state index >= 15 is 0 Å². The molecule has 0 saturated heterocycles. The van der Waals surface area contributed by atoms with Crippen molar-refractivity contribution in [2.45, 2.75) is 6.92 Å². The van der Waals surface area contributed by atoms with Crippen molar-refractivity contribution in [1.82, 2.24) is 4.57 Å². The lowest BCUT2D eigenvalue weighted by Gasteiger charge is -2.25. The van der Waals surface area contributed by atoms with E-state index in [0.717, 1.165) is 39.5 Å². The number of rotatable bonds is 7. The molecular formula is C43H32N2. The van der Waals surface area contributed by atoms with Gasteiger partial charge in [-0.15, -0.1) is 6.42 Å². The number of para-hydroxylation sites is 3. The predicted octanol–water partition coefficient (Wildman–Crippen LogP) is 11.2. The molecule has 0 atom stereocenters. The molecule has 1 heterocycles. The van der Waals surface area contributed by atoms with Crippen LogP contribution in [0.25, 0.3) is 44.2 Å². The summed E-state index contributed by atoms with van der Waals surface area (Å²) in [5.41, 5.74) is 11.0. The van der Waals surface area contributed by atoms with Gasteiger partial charge in [0.1, 0.15) is 0 Å². The number of benzene rings is 6. The Morgan fingerprint density at radius 2 is 1.04 bits per heavy atom. The minimum absolute atomic E-state index is 0.764. The number of hydrogen-bond donors (Lipinski definition) is 0. The first kappa shape index (κ1) is 27.8. The second-order valence-corrected chi connectivity index (χ2v) is 11.0. The van der Waals surface area contributed by atoms with Crippen molar-refractivity contribution >= 4 is 38.8 Å². The van der Waals surface area contributed by atoms with Gasteiger partial charge in [-0.3, -0.25) is 0 Å². The molecule has 7 aromatic rings. The Morgan fingerprint density at radius 3 is 1.62 bits per heavy atom. The minimum Gasteiger partial charge on any atom is -0.309 e. The Kier molecular flexibility index (Phi) is 7.58. The van der Waals surface area contributed by atoms with Gasteiger partial charge in [-0.1, -0.05) is 121 Å². The van der Waals surface area contributed by atoms with Gasteiger partial charge in [0.2, 0.25) is 0 Å². The predicted molar refractivity (Wildman–Crippen MR) is 192 cm³/mol. The first-order valence-electron chi connectivity index (χ1n) is 15.2. The van der Waals surface area contributed by atoms with Gasteiger partial charge in [-0.25, -0.2) is 0 Å². The summed E-state index contributed by atoms with van der Waals surface area (Å²) in [5.74, 6) is 2.94. The van der Waals surface area contributed by atoms with Crippen LogP contribution in [0, 0.1) is 12.3 Å². The summed E-state index contributed by atoms with van der Waals surface area (Å²) in [5, 5.41) is 2.53. The van der Waals surface area contributed by atoms with Crippen LogP contribution >= 0.6 is 0 Å². The molecule has 0 spiro atoms. The van der Waals surface area contributed by atoms with Crippen LogP contribution in [-0.4, -0.2) is 4.57 Å². The fraction of sp³-hybridized carbons (Fsp3) is 0.0233. The first-order valence-corrected chi connectivity index (χ1v) is 15.2. The highest BCUT2D eigenvalue weighted by Crippen LogP contribution is 2.34. The van der Waals surface area contributed by atoms with Gasteiger partial charge in [-0.2, -0.15) is 0 Å². The van der Waals surface area contributed by atoms with Gasteiger partial charge in [0.15, 0.2) is 0 Å². The number of terminal acetylenes is 1. The number of hydrogen-bond acceptors (Lipinski definition) is 1. The molecular weight excluding hydrogens is 544 g/mol. The van der Waals surface area contributed by atoms with E-state index in [9.17, 15) is 0 Å². The molecule has 214 valence electrons. The van der Waals surface area contributed by atoms with E-state index in [1.54, 1.807) is 0 Å². The zero-order valence-corrected chi connectivity index (χ0v) is 25.1. The summed E-state index contributed by atoms with van der Waals surface area (Å²) >= 11 is 0. The minimum atomic E-state index is 0.764. The van der Waals surface area contributed by atoms with Crippen LogP contribution in [0.15, 0.2) is 176 Å². The molecule has 7 rings (SSSR count). The summed E-state index contributed by atoms with van der Waals surface area (Å²) in [6, 6.07) is 55.2. The topological polar surface area (TPSA) is 8.17 Å². The van der Waals surface area contributed by atoms with E-state index in [0.29, 0.717) is 0 Å². The van der Waals surface area contributed by atoms with Crippen molar-refractivity contribution in [3.05, 3.63) is 181 Å². The molecule has 2 nitrogen and oxygen atoms in total. The van der Waals surface area contributed by atoms with Gasteiger partial charge in [-0.05, 0) is 83.8 Å². The SMILES string of the molecule is C#C/C(=C\C=C(/C)c1ccccc1)N(c1ccccc1)c1ccc(-c2ccc(-n3c4ccccc4c4ccccc43)cc2)cc1. The number of nitrogens with zero attached hydrogens (tertiary/aromatic N) is 2. The van der Waals surface area contributed by atoms with Gasteiger partial charge in [0.25, 0.3) is 0 Å². The van der Waals surface area contributed by atoms with Gasteiger partial charge >= 0.3 is 0 Å². The third-order valence-electron chi connectivity index (χ3n) is 8.29. The standard InChI is InChI=1S/C43H32N2/c1-3-36(27-22-32(2)33-14-6-4-7-15-33)44(37-16-8-5-9-17-37)38-28-23-34(24-29-38)35-25-30-39(31-26-35)45-42-20-12-10-18-40(42)41-19-11-13-21-43(41)45/h1,4-31H,2H3/b32-22+,36-27+. The lowest BCUT2D eigenvalue weighted by Crippen LogP contribution is -2.15. The molecule has 1 aromatic heterocycles. The molecule has 0 unspecified atom stereocenters.